The Morgan fingerprint density at radius 3 is 0.458 bits per heavy atom. The summed E-state index contributed by atoms with van der Waals surface area (Å²) in [5.74, 6) is 0. The summed E-state index contributed by atoms with van der Waals surface area (Å²) >= 11 is 0. The van der Waals surface area contributed by atoms with Crippen molar-refractivity contribution in [1.82, 2.24) is 0 Å². The van der Waals surface area contributed by atoms with Crippen LogP contribution >= 0.6 is 0 Å². The molecule has 0 fully saturated rings. The van der Waals surface area contributed by atoms with Gasteiger partial charge in [0.15, 0.2) is 0 Å². The molecule has 24 heavy (non-hydrogen) atoms. The minimum Gasteiger partial charge on any atom is -0.402 e. The van der Waals surface area contributed by atoms with Gasteiger partial charge in [0.1, 0.15) is 0 Å². The van der Waals surface area contributed by atoms with Gasteiger partial charge in [0.05, 0.1) is 25.0 Å². The summed E-state index contributed by atoms with van der Waals surface area (Å²) in [7, 11) is -16.8. The van der Waals surface area contributed by atoms with E-state index in [2.05, 4.69) is 0 Å². The van der Waals surface area contributed by atoms with E-state index < -0.39 is 47.8 Å². The lowest BCUT2D eigenvalue weighted by atomic mass is 10.3. The largest absolute Gasteiger partial charge is 0.631 e. The highest BCUT2D eigenvalue weighted by atomic mass is 32.2. The lowest BCUT2D eigenvalue weighted by Crippen LogP contribution is -2.07. The molecular weight excluding hydrogens is 427 g/mol. The Bertz CT molecular complexity index is 528. The second-order valence-corrected chi connectivity index (χ2v) is 9.14. The van der Waals surface area contributed by atoms with Gasteiger partial charge >= 0.3 is 7.32 Å². The highest BCUT2D eigenvalue weighted by molar-refractivity contribution is 7.85. The lowest BCUT2D eigenvalue weighted by molar-refractivity contribution is 0.278. The normalized spacial score (nSPS) is 10.8. The van der Waals surface area contributed by atoms with E-state index in [9.17, 15) is 33.7 Å². The van der Waals surface area contributed by atoms with Gasteiger partial charge < -0.3 is 15.1 Å². The second kappa shape index (κ2) is 14.9. The first-order valence-corrected chi connectivity index (χ1v) is 11.9. The highest BCUT2D eigenvalue weighted by Gasteiger charge is 1.92. The Morgan fingerprint density at radius 2 is 0.458 bits per heavy atom. The molecule has 0 spiro atoms. The SMILES string of the molecule is CS(=O)(=O)O.CS(=O)(=O)O.CS(=O)(=O)O.CS(=O)(=O)O.OB(O)O. The molecule has 0 aromatic carbocycles. The molecule has 0 aromatic heterocycles. The minimum absolute atomic E-state index is 0.715. The van der Waals surface area contributed by atoms with Crippen molar-refractivity contribution in [3.05, 3.63) is 0 Å². The maximum atomic E-state index is 9.19. The Labute approximate surface area is 140 Å². The average molecular weight is 446 g/mol. The number of hydrogen-bond acceptors (Lipinski definition) is 11. The molecule has 0 aliphatic carbocycles. The molecule has 0 saturated carbocycles. The van der Waals surface area contributed by atoms with Gasteiger partial charge in [-0.3, -0.25) is 18.2 Å². The Hall–Kier alpha value is -0.415. The van der Waals surface area contributed by atoms with Gasteiger partial charge in [0.2, 0.25) is 0 Å². The highest BCUT2D eigenvalue weighted by Crippen LogP contribution is 1.61. The standard InChI is InChI=1S/4CH4O3S.BH3O3/c4*1-5(2,3)4;2-1(3)4/h4*1H3,(H,2,3,4);2-4H. The van der Waals surface area contributed by atoms with Crippen LogP contribution in [-0.2, 0) is 40.5 Å². The molecular formula is C4H19BO15S4. The molecule has 0 radical (unpaired) electrons. The topological polar surface area (TPSA) is 278 Å². The summed E-state index contributed by atoms with van der Waals surface area (Å²) in [6.45, 7) is 0. The van der Waals surface area contributed by atoms with Gasteiger partial charge in [-0.15, -0.1) is 0 Å². The fourth-order valence-electron chi connectivity index (χ4n) is 0. The molecule has 15 nitrogen and oxygen atoms in total. The first-order chi connectivity index (χ1) is 9.73. The van der Waals surface area contributed by atoms with E-state index in [4.69, 9.17) is 33.3 Å². The first-order valence-electron chi connectivity index (χ1n) is 4.47. The quantitative estimate of drug-likeness (QED) is 0.138. The zero-order chi connectivity index (χ0) is 21.6. The smallest absolute Gasteiger partial charge is 0.402 e. The summed E-state index contributed by atoms with van der Waals surface area (Å²) in [6.07, 6.45) is 2.86. The van der Waals surface area contributed by atoms with E-state index in [0.29, 0.717) is 25.0 Å². The van der Waals surface area contributed by atoms with Gasteiger partial charge in [0, 0.05) is 0 Å². The van der Waals surface area contributed by atoms with Crippen molar-refractivity contribution in [3.63, 3.8) is 0 Å². The Morgan fingerprint density at radius 1 is 0.458 bits per heavy atom. The molecule has 20 heteroatoms. The molecule has 0 aromatic rings. The fourth-order valence-corrected chi connectivity index (χ4v) is 0. The Balaban J connectivity index is -0.0000000628. The van der Waals surface area contributed by atoms with Crippen LogP contribution in [0.2, 0.25) is 0 Å². The number of rotatable bonds is 0. The van der Waals surface area contributed by atoms with Crippen LogP contribution in [-0.4, -0.2) is 99.3 Å². The molecule has 7 N–H and O–H groups in total. The van der Waals surface area contributed by atoms with E-state index >= 15 is 0 Å². The Kier molecular flexibility index (Phi) is 21.6. The molecule has 152 valence electrons. The fraction of sp³-hybridized carbons (Fsp3) is 1.00. The summed E-state index contributed by atoms with van der Waals surface area (Å²) in [4.78, 5) is 0. The van der Waals surface area contributed by atoms with E-state index in [1.807, 2.05) is 0 Å². The molecule has 0 bridgehead atoms. The van der Waals surface area contributed by atoms with Gasteiger partial charge in [-0.2, -0.15) is 33.7 Å². The van der Waals surface area contributed by atoms with Crippen molar-refractivity contribution in [2.75, 3.05) is 25.0 Å². The predicted molar refractivity (Wildman–Crippen MR) is 82.3 cm³/mol. The van der Waals surface area contributed by atoms with Crippen LogP contribution in [0.3, 0.4) is 0 Å². The third kappa shape index (κ3) is 53100. The van der Waals surface area contributed by atoms with Crippen molar-refractivity contribution < 1.29 is 67.0 Å². The van der Waals surface area contributed by atoms with E-state index in [1.54, 1.807) is 0 Å². The summed E-state index contributed by atoms with van der Waals surface area (Å²) < 4.78 is 103. The third-order valence-corrected chi connectivity index (χ3v) is 0. The molecule has 0 atom stereocenters. The zero-order valence-corrected chi connectivity index (χ0v) is 15.9. The van der Waals surface area contributed by atoms with Gasteiger partial charge in [-0.1, -0.05) is 0 Å². The van der Waals surface area contributed by atoms with Crippen LogP contribution in [0.1, 0.15) is 0 Å². The van der Waals surface area contributed by atoms with Crippen LogP contribution in [0.15, 0.2) is 0 Å². The summed E-state index contributed by atoms with van der Waals surface area (Å²) in [5.41, 5.74) is 0. The van der Waals surface area contributed by atoms with Gasteiger partial charge in [-0.25, -0.2) is 0 Å². The van der Waals surface area contributed by atoms with Crippen molar-refractivity contribution in [1.29, 1.82) is 0 Å². The van der Waals surface area contributed by atoms with Crippen LogP contribution in [0.5, 0.6) is 0 Å². The predicted octanol–water partition coefficient (Wildman–Crippen LogP) is -4.04. The van der Waals surface area contributed by atoms with Gasteiger partial charge in [0.25, 0.3) is 40.5 Å². The maximum Gasteiger partial charge on any atom is 0.631 e. The van der Waals surface area contributed by atoms with Crippen LogP contribution in [0.4, 0.5) is 0 Å². The third-order valence-electron chi connectivity index (χ3n) is 0. The summed E-state index contributed by atoms with van der Waals surface area (Å²) in [6, 6.07) is 0. The van der Waals surface area contributed by atoms with Crippen molar-refractivity contribution >= 4 is 47.8 Å². The van der Waals surface area contributed by atoms with Crippen LogP contribution in [0, 0.1) is 0 Å². The zero-order valence-electron chi connectivity index (χ0n) is 12.6. The molecule has 0 unspecified atom stereocenters. The molecule has 0 aliphatic rings. The summed E-state index contributed by atoms with van der Waals surface area (Å²) in [5, 5.41) is 21.5. The molecule has 0 aliphatic heterocycles. The number of hydrogen-bond donors (Lipinski definition) is 7. The van der Waals surface area contributed by atoms with Gasteiger partial charge in [-0.05, 0) is 0 Å². The van der Waals surface area contributed by atoms with Crippen molar-refractivity contribution in [2.45, 2.75) is 0 Å². The van der Waals surface area contributed by atoms with Crippen LogP contribution in [0.25, 0.3) is 0 Å². The molecule has 0 amide bonds. The van der Waals surface area contributed by atoms with E-state index in [1.165, 1.54) is 0 Å². The molecule has 0 rings (SSSR count). The van der Waals surface area contributed by atoms with Crippen LogP contribution < -0.4 is 0 Å². The second-order valence-electron chi connectivity index (χ2n) is 3.28. The van der Waals surface area contributed by atoms with E-state index in [-0.39, 0.29) is 0 Å². The monoisotopic (exact) mass is 446 g/mol. The van der Waals surface area contributed by atoms with Crippen molar-refractivity contribution in [2.24, 2.45) is 0 Å². The van der Waals surface area contributed by atoms with Crippen molar-refractivity contribution in [3.8, 4) is 0 Å². The minimum atomic E-state index is -3.67. The maximum absolute atomic E-state index is 9.19. The average Bonchev–Trinajstić information content (AvgIpc) is 1.82. The lowest BCUT2D eigenvalue weighted by Gasteiger charge is -1.69. The molecule has 0 heterocycles. The molecule has 0 saturated heterocycles. The first kappa shape index (κ1) is 34.8. The van der Waals surface area contributed by atoms with E-state index in [0.717, 1.165) is 0 Å².